The molecular weight excluding hydrogens is 326 g/mol. The summed E-state index contributed by atoms with van der Waals surface area (Å²) in [6.07, 6.45) is 2.85. The number of halogens is 2. The summed E-state index contributed by atoms with van der Waals surface area (Å²) in [5, 5.41) is 9.80. The maximum Gasteiger partial charge on any atom is 0.352 e. The molecule has 1 fully saturated rings. The monoisotopic (exact) mass is 344 g/mol. The zero-order chi connectivity index (χ0) is 17.8. The van der Waals surface area contributed by atoms with Crippen molar-refractivity contribution in [2.45, 2.75) is 44.3 Å². The van der Waals surface area contributed by atoms with Crippen molar-refractivity contribution in [2.24, 2.45) is 0 Å². The Morgan fingerprint density at radius 3 is 2.68 bits per heavy atom. The van der Waals surface area contributed by atoms with Crippen LogP contribution >= 0.6 is 0 Å². The number of carbonyl (C=O) groups is 1. The normalized spacial score (nSPS) is 19.8. The number of rotatable bonds is 4. The number of nitrogens with zero attached hydrogens (tertiary/aromatic N) is 2. The molecule has 1 atom stereocenters. The smallest absolute Gasteiger partial charge is 0.352 e. The predicted octanol–water partition coefficient (Wildman–Crippen LogP) is 3.65. The molecule has 130 valence electrons. The van der Waals surface area contributed by atoms with Crippen LogP contribution in [0.4, 0.5) is 14.5 Å². The van der Waals surface area contributed by atoms with Crippen molar-refractivity contribution in [1.29, 1.82) is 0 Å². The third-order valence-electron chi connectivity index (χ3n) is 4.83. The molecular formula is C19H18F2N2O2. The van der Waals surface area contributed by atoms with Gasteiger partial charge < -0.3 is 10.0 Å². The van der Waals surface area contributed by atoms with Gasteiger partial charge in [0.1, 0.15) is 0 Å². The fraction of sp³-hybridized carbons (Fsp3) is 0.368. The Morgan fingerprint density at radius 2 is 2.08 bits per heavy atom. The van der Waals surface area contributed by atoms with E-state index in [2.05, 4.69) is 4.98 Å². The zero-order valence-corrected chi connectivity index (χ0v) is 13.7. The number of amides is 1. The topological polar surface area (TPSA) is 53.4 Å². The molecule has 6 heteroatoms. The fourth-order valence-electron chi connectivity index (χ4n) is 3.35. The molecule has 1 aliphatic carbocycles. The lowest BCUT2D eigenvalue weighted by atomic mass is 9.98. The first-order chi connectivity index (χ1) is 11.9. The van der Waals surface area contributed by atoms with Gasteiger partial charge in [-0.1, -0.05) is 18.2 Å². The second kappa shape index (κ2) is 5.59. The summed E-state index contributed by atoms with van der Waals surface area (Å²) in [6.45, 7) is 1.45. The number of carbonyl (C=O) groups excluding carboxylic acids is 1. The highest BCUT2D eigenvalue weighted by molar-refractivity contribution is 6.06. The van der Waals surface area contributed by atoms with Crippen LogP contribution in [0.25, 0.3) is 0 Å². The van der Waals surface area contributed by atoms with E-state index in [9.17, 15) is 18.7 Å². The largest absolute Gasteiger partial charge is 0.389 e. The summed E-state index contributed by atoms with van der Waals surface area (Å²) < 4.78 is 29.1. The maximum absolute atomic E-state index is 14.6. The lowest BCUT2D eigenvalue weighted by molar-refractivity contribution is -0.141. The number of alkyl halides is 2. The Hall–Kier alpha value is -2.34. The Labute approximate surface area is 144 Å². The van der Waals surface area contributed by atoms with Gasteiger partial charge in [0.25, 0.3) is 0 Å². The first kappa shape index (κ1) is 16.1. The van der Waals surface area contributed by atoms with Crippen LogP contribution < -0.4 is 4.90 Å². The molecule has 1 aliphatic heterocycles. The lowest BCUT2D eigenvalue weighted by Gasteiger charge is -2.17. The van der Waals surface area contributed by atoms with Crippen LogP contribution in [-0.4, -0.2) is 16.0 Å². The minimum absolute atomic E-state index is 0.0304. The van der Waals surface area contributed by atoms with Gasteiger partial charge >= 0.3 is 11.8 Å². The van der Waals surface area contributed by atoms with Gasteiger partial charge in [0.2, 0.25) is 0 Å². The molecule has 1 N–H and O–H groups in total. The molecule has 4 nitrogen and oxygen atoms in total. The quantitative estimate of drug-likeness (QED) is 0.921. The second-order valence-corrected chi connectivity index (χ2v) is 6.75. The van der Waals surface area contributed by atoms with E-state index in [-0.39, 0.29) is 17.8 Å². The van der Waals surface area contributed by atoms with Crippen LogP contribution in [0.1, 0.15) is 54.2 Å². The van der Waals surface area contributed by atoms with Gasteiger partial charge in [-0.15, -0.1) is 0 Å². The Kier molecular flexibility index (Phi) is 3.61. The van der Waals surface area contributed by atoms with Crippen molar-refractivity contribution in [2.75, 3.05) is 4.90 Å². The number of aliphatic hydroxyl groups excluding tert-OH is 1. The van der Waals surface area contributed by atoms with E-state index in [0.29, 0.717) is 11.5 Å². The average molecular weight is 344 g/mol. The summed E-state index contributed by atoms with van der Waals surface area (Å²) in [5.74, 6) is -4.38. The number of benzene rings is 1. The predicted molar refractivity (Wildman–Crippen MR) is 88.4 cm³/mol. The summed E-state index contributed by atoms with van der Waals surface area (Å²) in [4.78, 5) is 17.8. The third kappa shape index (κ3) is 2.61. The van der Waals surface area contributed by atoms with E-state index in [4.69, 9.17) is 0 Å². The number of aromatic nitrogens is 1. The summed E-state index contributed by atoms with van der Waals surface area (Å²) >= 11 is 0. The van der Waals surface area contributed by atoms with Gasteiger partial charge in [0, 0.05) is 17.8 Å². The van der Waals surface area contributed by atoms with Crippen molar-refractivity contribution in [3.05, 3.63) is 58.9 Å². The van der Waals surface area contributed by atoms with E-state index >= 15 is 0 Å². The van der Waals surface area contributed by atoms with Gasteiger partial charge in [0.05, 0.1) is 23.9 Å². The molecule has 4 rings (SSSR count). The van der Waals surface area contributed by atoms with Crippen LogP contribution in [0.2, 0.25) is 0 Å². The molecule has 0 bridgehead atoms. The van der Waals surface area contributed by atoms with Crippen LogP contribution in [-0.2, 0) is 17.3 Å². The van der Waals surface area contributed by atoms with Gasteiger partial charge in [-0.3, -0.25) is 9.78 Å². The van der Waals surface area contributed by atoms with Crippen molar-refractivity contribution in [3.63, 3.8) is 0 Å². The van der Waals surface area contributed by atoms with Crippen LogP contribution in [0, 0.1) is 0 Å². The molecule has 0 unspecified atom stereocenters. The van der Waals surface area contributed by atoms with Crippen molar-refractivity contribution >= 4 is 11.6 Å². The molecule has 25 heavy (non-hydrogen) atoms. The highest BCUT2D eigenvalue weighted by Crippen LogP contribution is 2.48. The summed E-state index contributed by atoms with van der Waals surface area (Å²) in [7, 11) is 0. The van der Waals surface area contributed by atoms with Crippen LogP contribution in [0.5, 0.6) is 0 Å². The Balaban J connectivity index is 1.69. The number of pyridine rings is 1. The van der Waals surface area contributed by atoms with Crippen molar-refractivity contribution in [1.82, 2.24) is 4.98 Å². The summed E-state index contributed by atoms with van der Waals surface area (Å²) in [5.41, 5.74) is 1.56. The first-order valence-electron chi connectivity index (χ1n) is 8.35. The SMILES string of the molecule is C[C@H](O)c1cccc2c1C(F)(F)C(=O)N2Cc1ccc(C2CC2)nc1. The van der Waals surface area contributed by atoms with E-state index in [1.54, 1.807) is 12.3 Å². The van der Waals surface area contributed by atoms with E-state index in [1.165, 1.54) is 19.1 Å². The molecule has 1 saturated carbocycles. The van der Waals surface area contributed by atoms with E-state index < -0.39 is 23.5 Å². The number of aliphatic hydroxyl groups is 1. The number of fused-ring (bicyclic) bond motifs is 1. The minimum atomic E-state index is -3.63. The first-order valence-corrected chi connectivity index (χ1v) is 8.35. The average Bonchev–Trinajstić information content (AvgIpc) is 3.41. The molecule has 0 saturated heterocycles. The van der Waals surface area contributed by atoms with Crippen LogP contribution in [0.15, 0.2) is 36.5 Å². The van der Waals surface area contributed by atoms with Crippen LogP contribution in [0.3, 0.4) is 0 Å². The molecule has 1 aromatic carbocycles. The molecule has 1 amide bonds. The molecule has 0 spiro atoms. The summed E-state index contributed by atoms with van der Waals surface area (Å²) in [6, 6.07) is 8.24. The second-order valence-electron chi connectivity index (χ2n) is 6.75. The third-order valence-corrected chi connectivity index (χ3v) is 4.83. The maximum atomic E-state index is 14.6. The highest BCUT2D eigenvalue weighted by atomic mass is 19.3. The fourth-order valence-corrected chi connectivity index (χ4v) is 3.35. The molecule has 2 aromatic rings. The lowest BCUT2D eigenvalue weighted by Crippen LogP contribution is -2.34. The number of anilines is 1. The van der Waals surface area contributed by atoms with Gasteiger partial charge in [-0.05, 0) is 43.0 Å². The Bertz CT molecular complexity index is 830. The minimum Gasteiger partial charge on any atom is -0.389 e. The number of hydrogen-bond acceptors (Lipinski definition) is 3. The molecule has 0 radical (unpaired) electrons. The van der Waals surface area contributed by atoms with Gasteiger partial charge in [-0.2, -0.15) is 8.78 Å². The van der Waals surface area contributed by atoms with E-state index in [0.717, 1.165) is 23.4 Å². The Morgan fingerprint density at radius 1 is 1.32 bits per heavy atom. The molecule has 2 heterocycles. The molecule has 2 aliphatic rings. The highest BCUT2D eigenvalue weighted by Gasteiger charge is 2.54. The standard InChI is InChI=1S/C19H18F2N2O2/c1-11(24)14-3-2-4-16-17(14)19(20,21)18(25)23(16)10-12-5-8-15(22-9-12)13-6-7-13/h2-5,8-9,11,13,24H,6-7,10H2,1H3/t11-/m0/s1. The van der Waals surface area contributed by atoms with Gasteiger partial charge in [-0.25, -0.2) is 0 Å². The van der Waals surface area contributed by atoms with Gasteiger partial charge in [0.15, 0.2) is 0 Å². The zero-order valence-electron chi connectivity index (χ0n) is 13.7. The molecule has 1 aromatic heterocycles. The van der Waals surface area contributed by atoms with Crippen molar-refractivity contribution in [3.8, 4) is 0 Å². The van der Waals surface area contributed by atoms with E-state index in [1.807, 2.05) is 12.1 Å². The van der Waals surface area contributed by atoms with Crippen molar-refractivity contribution < 1.29 is 18.7 Å². The number of hydrogen-bond donors (Lipinski definition) is 1.